The number of carbonyl (C=O) groups excluding carboxylic acids is 3. The Balaban J connectivity index is 1.33. The van der Waals surface area contributed by atoms with Crippen molar-refractivity contribution in [1.29, 1.82) is 0 Å². The van der Waals surface area contributed by atoms with Crippen LogP contribution in [0.5, 0.6) is 17.2 Å². The molecule has 3 aromatic rings. The molecule has 11 heteroatoms. The van der Waals surface area contributed by atoms with Crippen molar-refractivity contribution in [2.75, 3.05) is 44.2 Å². The van der Waals surface area contributed by atoms with Crippen molar-refractivity contribution < 1.29 is 33.7 Å². The molecule has 2 aliphatic rings. The lowest BCUT2D eigenvalue weighted by Gasteiger charge is -2.38. The second-order valence-corrected chi connectivity index (χ2v) is 10.9. The minimum Gasteiger partial charge on any atom is -0.487 e. The summed E-state index contributed by atoms with van der Waals surface area (Å²) in [7, 11) is 1.67. The van der Waals surface area contributed by atoms with Crippen LogP contribution in [0.25, 0.3) is 0 Å². The van der Waals surface area contributed by atoms with Gasteiger partial charge in [-0.15, -0.1) is 0 Å². The summed E-state index contributed by atoms with van der Waals surface area (Å²) in [5.74, 6) is 0.811. The van der Waals surface area contributed by atoms with Gasteiger partial charge in [0.2, 0.25) is 12.7 Å². The van der Waals surface area contributed by atoms with Crippen LogP contribution >= 0.6 is 0 Å². The third-order valence-electron chi connectivity index (χ3n) is 7.58. The normalized spacial score (nSPS) is 18.0. The average molecular weight is 589 g/mol. The summed E-state index contributed by atoms with van der Waals surface area (Å²) < 4.78 is 17.1. The number of aliphatic hydroxyl groups excluding tert-OH is 1. The first-order valence-corrected chi connectivity index (χ1v) is 14.2. The molecule has 3 aromatic carbocycles. The zero-order chi connectivity index (χ0) is 30.5. The fourth-order valence-corrected chi connectivity index (χ4v) is 5.05. The molecule has 0 spiro atoms. The highest BCUT2D eigenvalue weighted by molar-refractivity contribution is 6.00. The number of hydrogen-bond donors (Lipinski definition) is 3. The maximum Gasteiger partial charge on any atom is 0.321 e. The molecular weight excluding hydrogens is 552 g/mol. The summed E-state index contributed by atoms with van der Waals surface area (Å²) in [6, 6.07) is 18.7. The van der Waals surface area contributed by atoms with Crippen LogP contribution in [0.15, 0.2) is 66.7 Å². The van der Waals surface area contributed by atoms with Crippen molar-refractivity contribution in [3.63, 3.8) is 0 Å². The number of nitrogens with zero attached hydrogens (tertiary/aromatic N) is 2. The monoisotopic (exact) mass is 588 g/mol. The predicted molar refractivity (Wildman–Crippen MR) is 161 cm³/mol. The number of rotatable bonds is 8. The van der Waals surface area contributed by atoms with E-state index in [4.69, 9.17) is 14.2 Å². The molecule has 226 valence electrons. The number of benzene rings is 3. The molecule has 4 amide bonds. The van der Waals surface area contributed by atoms with Crippen LogP contribution in [0, 0.1) is 5.92 Å². The molecule has 0 unspecified atom stereocenters. The standard InChI is InChI=1S/C32H36N4O7/c1-20-16-36(21(2)18-37)31(39)25-14-23(33-30(38)13-22-7-5-4-6-8-22)9-11-26(25)43-29(20)17-35(3)32(40)34-24-10-12-27-28(15-24)42-19-41-27/h4-12,14-15,20-21,29,37H,13,16-19H2,1-3H3,(H,33,38)(H,34,40)/t20-,21+,29+/m1/s1. The average Bonchev–Trinajstić information content (AvgIpc) is 3.47. The topological polar surface area (TPSA) is 130 Å². The third-order valence-corrected chi connectivity index (χ3v) is 7.58. The quantitative estimate of drug-likeness (QED) is 0.363. The van der Waals surface area contributed by atoms with Gasteiger partial charge >= 0.3 is 6.03 Å². The summed E-state index contributed by atoms with van der Waals surface area (Å²) in [5, 5.41) is 15.7. The SMILES string of the molecule is C[C@@H]1CN([C@@H](C)CO)C(=O)c2cc(NC(=O)Cc3ccccc3)ccc2O[C@H]1CN(C)C(=O)Nc1ccc2c(c1)OCO2. The smallest absolute Gasteiger partial charge is 0.321 e. The van der Waals surface area contributed by atoms with Crippen molar-refractivity contribution in [2.24, 2.45) is 5.92 Å². The van der Waals surface area contributed by atoms with Gasteiger partial charge in [0.25, 0.3) is 5.91 Å². The van der Waals surface area contributed by atoms with Gasteiger partial charge in [-0.1, -0.05) is 37.3 Å². The molecule has 3 atom stereocenters. The Morgan fingerprint density at radius 2 is 1.70 bits per heavy atom. The summed E-state index contributed by atoms with van der Waals surface area (Å²) in [5.41, 5.74) is 2.16. The molecule has 0 saturated heterocycles. The molecule has 0 saturated carbocycles. The summed E-state index contributed by atoms with van der Waals surface area (Å²) in [4.78, 5) is 42.7. The van der Waals surface area contributed by atoms with E-state index in [9.17, 15) is 19.5 Å². The maximum absolute atomic E-state index is 13.7. The van der Waals surface area contributed by atoms with Crippen molar-refractivity contribution in [3.8, 4) is 17.2 Å². The van der Waals surface area contributed by atoms with Crippen LogP contribution in [0.1, 0.15) is 29.8 Å². The molecule has 0 radical (unpaired) electrons. The number of carbonyl (C=O) groups is 3. The Morgan fingerprint density at radius 1 is 1.00 bits per heavy atom. The zero-order valence-corrected chi connectivity index (χ0v) is 24.4. The lowest BCUT2D eigenvalue weighted by Crippen LogP contribution is -2.50. The Hall–Kier alpha value is -4.77. The predicted octanol–water partition coefficient (Wildman–Crippen LogP) is 3.98. The van der Waals surface area contributed by atoms with Crippen LogP contribution in [0.3, 0.4) is 0 Å². The summed E-state index contributed by atoms with van der Waals surface area (Å²) in [6.45, 7) is 4.17. The van der Waals surface area contributed by atoms with Gasteiger partial charge in [-0.05, 0) is 42.8 Å². The Morgan fingerprint density at radius 3 is 2.44 bits per heavy atom. The van der Waals surface area contributed by atoms with E-state index in [1.807, 2.05) is 37.3 Å². The van der Waals surface area contributed by atoms with Crippen LogP contribution in [-0.4, -0.2) is 78.4 Å². The fourth-order valence-electron chi connectivity index (χ4n) is 5.05. The zero-order valence-electron chi connectivity index (χ0n) is 24.4. The van der Waals surface area contributed by atoms with E-state index in [2.05, 4.69) is 10.6 Å². The van der Waals surface area contributed by atoms with Gasteiger partial charge in [0.1, 0.15) is 11.9 Å². The largest absolute Gasteiger partial charge is 0.487 e. The van der Waals surface area contributed by atoms with Gasteiger partial charge in [-0.3, -0.25) is 9.59 Å². The number of fused-ring (bicyclic) bond motifs is 2. The van der Waals surface area contributed by atoms with Gasteiger partial charge in [0, 0.05) is 37.0 Å². The number of ether oxygens (including phenoxy) is 3. The van der Waals surface area contributed by atoms with Gasteiger partial charge in [0.05, 0.1) is 31.2 Å². The van der Waals surface area contributed by atoms with Gasteiger partial charge < -0.3 is 39.8 Å². The number of nitrogens with one attached hydrogen (secondary N) is 2. The van der Waals surface area contributed by atoms with Crippen LogP contribution < -0.4 is 24.8 Å². The number of amides is 4. The molecule has 0 fully saturated rings. The van der Waals surface area contributed by atoms with E-state index < -0.39 is 12.1 Å². The van der Waals surface area contributed by atoms with Crippen molar-refractivity contribution >= 4 is 29.2 Å². The van der Waals surface area contributed by atoms with E-state index in [0.717, 1.165) is 5.56 Å². The number of aliphatic hydroxyl groups is 1. The molecular formula is C32H36N4O7. The van der Waals surface area contributed by atoms with E-state index in [1.54, 1.807) is 55.3 Å². The molecule has 3 N–H and O–H groups in total. The fraction of sp³-hybridized carbons (Fsp3) is 0.344. The minimum atomic E-state index is -0.480. The molecule has 0 aliphatic carbocycles. The lowest BCUT2D eigenvalue weighted by molar-refractivity contribution is -0.115. The lowest BCUT2D eigenvalue weighted by atomic mass is 9.99. The van der Waals surface area contributed by atoms with Crippen molar-refractivity contribution in [3.05, 3.63) is 77.9 Å². The second kappa shape index (κ2) is 13.0. The summed E-state index contributed by atoms with van der Waals surface area (Å²) in [6.07, 6.45) is -0.290. The molecule has 43 heavy (non-hydrogen) atoms. The molecule has 0 bridgehead atoms. The molecule has 2 aliphatic heterocycles. The third kappa shape index (κ3) is 7.00. The van der Waals surface area contributed by atoms with E-state index in [0.29, 0.717) is 35.2 Å². The first-order chi connectivity index (χ1) is 20.7. The molecule has 0 aromatic heterocycles. The number of hydrogen-bond acceptors (Lipinski definition) is 7. The van der Waals surface area contributed by atoms with Crippen LogP contribution in [0.2, 0.25) is 0 Å². The highest BCUT2D eigenvalue weighted by atomic mass is 16.7. The van der Waals surface area contributed by atoms with Crippen molar-refractivity contribution in [1.82, 2.24) is 9.80 Å². The summed E-state index contributed by atoms with van der Waals surface area (Å²) >= 11 is 0. The minimum absolute atomic E-state index is 0.140. The van der Waals surface area contributed by atoms with Crippen LogP contribution in [0.4, 0.5) is 16.2 Å². The molecule has 5 rings (SSSR count). The van der Waals surface area contributed by atoms with Gasteiger partial charge in [-0.2, -0.15) is 0 Å². The second-order valence-electron chi connectivity index (χ2n) is 10.9. The highest BCUT2D eigenvalue weighted by Crippen LogP contribution is 2.34. The van der Waals surface area contributed by atoms with Crippen molar-refractivity contribution in [2.45, 2.75) is 32.4 Å². The first-order valence-electron chi connectivity index (χ1n) is 14.2. The molecule has 2 heterocycles. The van der Waals surface area contributed by atoms with Crippen LogP contribution in [-0.2, 0) is 11.2 Å². The van der Waals surface area contributed by atoms with Gasteiger partial charge in [0.15, 0.2) is 11.5 Å². The Bertz CT molecular complexity index is 1480. The molecule has 11 nitrogen and oxygen atoms in total. The first kappa shape index (κ1) is 29.7. The van der Waals surface area contributed by atoms with Gasteiger partial charge in [-0.25, -0.2) is 4.79 Å². The number of anilines is 2. The maximum atomic E-state index is 13.7. The van der Waals surface area contributed by atoms with E-state index in [1.165, 1.54) is 4.90 Å². The highest BCUT2D eigenvalue weighted by Gasteiger charge is 2.34. The van der Waals surface area contributed by atoms with E-state index in [-0.39, 0.29) is 55.7 Å². The number of urea groups is 1. The Kier molecular flexibility index (Phi) is 9.01. The van der Waals surface area contributed by atoms with E-state index >= 15 is 0 Å². The Labute approximate surface area is 250 Å². The number of likely N-dealkylation sites (N-methyl/N-ethyl adjacent to an activating group) is 1.